The number of carbonyl (C=O) groups excluding carboxylic acids is 1. The molecule has 0 fully saturated rings. The number of rotatable bonds is 6. The standard InChI is InChI=1S/C14H20N3O6P/c1-9-13(18)11(10(6-16-9)8-23-24(20,21)22)7-17-12-4-2-3-5-15-14(12)19/h5-6,12,17-18H,2-4,7-8H2,1H3,(H2,20,21,22)/t12-/m1/s1. The maximum Gasteiger partial charge on any atom is 0.469 e. The van der Waals surface area contributed by atoms with E-state index in [0.717, 1.165) is 12.8 Å². The molecule has 24 heavy (non-hydrogen) atoms. The van der Waals surface area contributed by atoms with E-state index in [9.17, 15) is 14.5 Å². The molecule has 0 aliphatic carbocycles. The first-order valence-electron chi connectivity index (χ1n) is 7.44. The zero-order valence-electron chi connectivity index (χ0n) is 13.2. The molecule has 2 heterocycles. The molecule has 1 aliphatic rings. The van der Waals surface area contributed by atoms with Gasteiger partial charge in [-0.3, -0.25) is 14.3 Å². The maximum absolute atomic E-state index is 11.9. The van der Waals surface area contributed by atoms with Crippen LogP contribution in [-0.2, 0) is 27.0 Å². The van der Waals surface area contributed by atoms with Crippen LogP contribution in [0, 0.1) is 6.92 Å². The summed E-state index contributed by atoms with van der Waals surface area (Å²) in [6, 6.07) is -0.466. The zero-order valence-corrected chi connectivity index (χ0v) is 14.1. The monoisotopic (exact) mass is 357 g/mol. The molecule has 0 aromatic carbocycles. The Bertz CT molecular complexity index is 687. The van der Waals surface area contributed by atoms with Crippen LogP contribution >= 0.6 is 7.82 Å². The van der Waals surface area contributed by atoms with E-state index < -0.39 is 20.5 Å². The summed E-state index contributed by atoms with van der Waals surface area (Å²) in [7, 11) is -4.64. The first kappa shape index (κ1) is 18.7. The third-order valence-corrected chi connectivity index (χ3v) is 4.15. The Morgan fingerprint density at radius 2 is 2.21 bits per heavy atom. The molecule has 0 saturated carbocycles. The van der Waals surface area contributed by atoms with Gasteiger partial charge in [-0.25, -0.2) is 9.56 Å². The van der Waals surface area contributed by atoms with Gasteiger partial charge in [-0.1, -0.05) is 0 Å². The van der Waals surface area contributed by atoms with Gasteiger partial charge in [0.05, 0.1) is 18.3 Å². The number of aryl methyl sites for hydroxylation is 1. The third kappa shape index (κ3) is 5.19. The van der Waals surface area contributed by atoms with Crippen molar-refractivity contribution >= 4 is 19.9 Å². The Labute approximate surface area is 139 Å². The van der Waals surface area contributed by atoms with Gasteiger partial charge in [0.1, 0.15) is 5.75 Å². The first-order chi connectivity index (χ1) is 11.3. The van der Waals surface area contributed by atoms with Crippen molar-refractivity contribution in [3.05, 3.63) is 23.0 Å². The van der Waals surface area contributed by atoms with Gasteiger partial charge in [0.15, 0.2) is 0 Å². The van der Waals surface area contributed by atoms with Crippen molar-refractivity contribution in [2.24, 2.45) is 4.99 Å². The Hall–Kier alpha value is -1.64. The molecule has 1 aromatic heterocycles. The number of hydrogen-bond acceptors (Lipinski definition) is 6. The molecule has 0 bridgehead atoms. The molecule has 9 nitrogen and oxygen atoms in total. The molecule has 0 unspecified atom stereocenters. The summed E-state index contributed by atoms with van der Waals surface area (Å²) >= 11 is 0. The number of aromatic hydroxyl groups is 1. The van der Waals surface area contributed by atoms with Crippen LogP contribution in [0.3, 0.4) is 0 Å². The van der Waals surface area contributed by atoms with Crippen molar-refractivity contribution in [1.29, 1.82) is 0 Å². The fraction of sp³-hybridized carbons (Fsp3) is 0.500. The minimum atomic E-state index is -4.64. The number of hydrogen-bond donors (Lipinski definition) is 4. The lowest BCUT2D eigenvalue weighted by atomic mass is 10.1. The van der Waals surface area contributed by atoms with Crippen molar-refractivity contribution in [3.63, 3.8) is 0 Å². The van der Waals surface area contributed by atoms with E-state index in [2.05, 4.69) is 19.8 Å². The van der Waals surface area contributed by atoms with Crippen LogP contribution in [-0.4, -0.2) is 38.0 Å². The Kier molecular flexibility index (Phi) is 6.20. The molecule has 1 aliphatic heterocycles. The van der Waals surface area contributed by atoms with Gasteiger partial charge < -0.3 is 20.2 Å². The zero-order chi connectivity index (χ0) is 17.7. The minimum Gasteiger partial charge on any atom is -0.506 e. The van der Waals surface area contributed by atoms with Crippen molar-refractivity contribution in [3.8, 4) is 5.75 Å². The molecule has 0 radical (unpaired) electrons. The molecule has 1 aromatic rings. The van der Waals surface area contributed by atoms with E-state index in [1.54, 1.807) is 13.1 Å². The van der Waals surface area contributed by atoms with Crippen LogP contribution in [0.5, 0.6) is 5.75 Å². The summed E-state index contributed by atoms with van der Waals surface area (Å²) in [5, 5.41) is 13.2. The lowest BCUT2D eigenvalue weighted by molar-refractivity contribution is -0.119. The van der Waals surface area contributed by atoms with Crippen LogP contribution in [0.15, 0.2) is 11.2 Å². The summed E-state index contributed by atoms with van der Waals surface area (Å²) in [4.78, 5) is 37.3. The summed E-state index contributed by atoms with van der Waals surface area (Å²) in [5.41, 5.74) is 1.09. The maximum atomic E-state index is 11.9. The van der Waals surface area contributed by atoms with Crippen LogP contribution in [0.2, 0.25) is 0 Å². The summed E-state index contributed by atoms with van der Waals surface area (Å²) < 4.78 is 15.3. The van der Waals surface area contributed by atoms with E-state index >= 15 is 0 Å². The number of amides is 1. The second-order valence-electron chi connectivity index (χ2n) is 5.47. The summed E-state index contributed by atoms with van der Waals surface area (Å²) in [5.74, 6) is -0.371. The summed E-state index contributed by atoms with van der Waals surface area (Å²) in [6.45, 7) is 1.33. The molecule has 132 valence electrons. The number of phosphoric acid groups is 1. The van der Waals surface area contributed by atoms with E-state index in [-0.39, 0.29) is 18.2 Å². The largest absolute Gasteiger partial charge is 0.506 e. The normalized spacial score (nSPS) is 18.6. The quantitative estimate of drug-likeness (QED) is 0.551. The second kappa shape index (κ2) is 7.96. The van der Waals surface area contributed by atoms with Gasteiger partial charge in [-0.05, 0) is 26.2 Å². The molecule has 10 heteroatoms. The van der Waals surface area contributed by atoms with Crippen molar-refractivity contribution in [2.75, 3.05) is 0 Å². The van der Waals surface area contributed by atoms with Gasteiger partial charge in [0.25, 0.3) is 5.91 Å². The number of aromatic nitrogens is 1. The van der Waals surface area contributed by atoms with Crippen LogP contribution in [0.1, 0.15) is 36.1 Å². The predicted octanol–water partition coefficient (Wildman–Crippen LogP) is 0.944. The van der Waals surface area contributed by atoms with Crippen LogP contribution in [0.25, 0.3) is 0 Å². The Balaban J connectivity index is 2.15. The molecule has 4 N–H and O–H groups in total. The van der Waals surface area contributed by atoms with E-state index in [1.807, 2.05) is 0 Å². The molecule has 2 rings (SSSR count). The average Bonchev–Trinajstić information content (AvgIpc) is 2.71. The van der Waals surface area contributed by atoms with E-state index in [1.165, 1.54) is 6.20 Å². The smallest absolute Gasteiger partial charge is 0.469 e. The molecule has 0 spiro atoms. The Morgan fingerprint density at radius 3 is 2.92 bits per heavy atom. The number of nitrogens with one attached hydrogen (secondary N) is 1. The fourth-order valence-corrected chi connectivity index (χ4v) is 2.66. The SMILES string of the molecule is Cc1ncc(COP(=O)(O)O)c(CN[C@@H]2CCCC=NC2=O)c1O. The van der Waals surface area contributed by atoms with Gasteiger partial charge in [-0.15, -0.1) is 0 Å². The van der Waals surface area contributed by atoms with Gasteiger partial charge in [0.2, 0.25) is 0 Å². The highest BCUT2D eigenvalue weighted by Gasteiger charge is 2.22. The minimum absolute atomic E-state index is 0.0983. The molecule has 1 amide bonds. The summed E-state index contributed by atoms with van der Waals surface area (Å²) in [6.07, 6.45) is 5.16. The van der Waals surface area contributed by atoms with E-state index in [4.69, 9.17) is 9.79 Å². The highest BCUT2D eigenvalue weighted by Crippen LogP contribution is 2.38. The van der Waals surface area contributed by atoms with Gasteiger partial charge in [0, 0.05) is 30.1 Å². The van der Waals surface area contributed by atoms with Crippen LogP contribution < -0.4 is 5.32 Å². The molecule has 1 atom stereocenters. The Morgan fingerprint density at radius 1 is 1.46 bits per heavy atom. The van der Waals surface area contributed by atoms with Gasteiger partial charge in [-0.2, -0.15) is 0 Å². The number of carbonyl (C=O) groups is 1. The molecule has 0 saturated heterocycles. The number of nitrogens with zero attached hydrogens (tertiary/aromatic N) is 2. The molecular weight excluding hydrogens is 337 g/mol. The second-order valence-corrected chi connectivity index (χ2v) is 6.71. The van der Waals surface area contributed by atoms with Crippen LogP contribution in [0.4, 0.5) is 0 Å². The fourth-order valence-electron chi connectivity index (χ4n) is 2.36. The topological polar surface area (TPSA) is 141 Å². The molecular formula is C14H20N3O6P. The highest BCUT2D eigenvalue weighted by atomic mass is 31.2. The predicted molar refractivity (Wildman–Crippen MR) is 85.4 cm³/mol. The van der Waals surface area contributed by atoms with Crippen molar-refractivity contribution in [1.82, 2.24) is 10.3 Å². The third-order valence-electron chi connectivity index (χ3n) is 3.69. The van der Waals surface area contributed by atoms with Crippen molar-refractivity contribution < 1.29 is 28.8 Å². The lowest BCUT2D eigenvalue weighted by Gasteiger charge is -2.17. The number of pyridine rings is 1. The number of aliphatic imine (C=N–C) groups is 1. The highest BCUT2D eigenvalue weighted by molar-refractivity contribution is 7.46. The van der Waals surface area contributed by atoms with Gasteiger partial charge >= 0.3 is 7.82 Å². The van der Waals surface area contributed by atoms with Crippen molar-refractivity contribution in [2.45, 2.75) is 45.4 Å². The lowest BCUT2D eigenvalue weighted by Crippen LogP contribution is -2.35. The first-order valence-corrected chi connectivity index (χ1v) is 8.97. The van der Waals surface area contributed by atoms with E-state index in [0.29, 0.717) is 23.2 Å². The average molecular weight is 357 g/mol. The number of phosphoric ester groups is 1.